The molecule has 0 aromatic heterocycles. The molecule has 104 valence electrons. The van der Waals surface area contributed by atoms with Crippen LogP contribution in [-0.2, 0) is 4.79 Å². The van der Waals surface area contributed by atoms with Gasteiger partial charge in [0.1, 0.15) is 0 Å². The molecule has 2 fully saturated rings. The Kier molecular flexibility index (Phi) is 5.48. The van der Waals surface area contributed by atoms with Crippen molar-refractivity contribution < 1.29 is 4.79 Å². The van der Waals surface area contributed by atoms with Gasteiger partial charge in [-0.2, -0.15) is 0 Å². The summed E-state index contributed by atoms with van der Waals surface area (Å²) in [5.74, 6) is 0.792. The Labute approximate surface area is 111 Å². The van der Waals surface area contributed by atoms with E-state index in [0.717, 1.165) is 12.8 Å². The predicted molar refractivity (Wildman–Crippen MR) is 74.2 cm³/mol. The minimum atomic E-state index is 0.265. The molecule has 0 aromatic carbocycles. The van der Waals surface area contributed by atoms with Crippen LogP contribution in [0, 0.1) is 5.92 Å². The van der Waals surface area contributed by atoms with Crippen LogP contribution in [0.2, 0.25) is 0 Å². The molecular weight excluding hydrogens is 224 g/mol. The molecule has 3 nitrogen and oxygen atoms in total. The zero-order valence-electron chi connectivity index (χ0n) is 11.5. The molecule has 0 saturated heterocycles. The highest BCUT2D eigenvalue weighted by atomic mass is 16.1. The maximum atomic E-state index is 12.0. The molecule has 0 heterocycles. The molecular formula is C15H28N2O. The topological polar surface area (TPSA) is 55.1 Å². The molecule has 0 bridgehead atoms. The average Bonchev–Trinajstić information content (AvgIpc) is 2.57. The molecule has 2 atom stereocenters. The van der Waals surface area contributed by atoms with Crippen LogP contribution in [0.3, 0.4) is 0 Å². The van der Waals surface area contributed by atoms with Gasteiger partial charge in [0.05, 0.1) is 0 Å². The van der Waals surface area contributed by atoms with Crippen LogP contribution in [0.4, 0.5) is 0 Å². The Morgan fingerprint density at radius 2 is 1.72 bits per heavy atom. The number of nitrogens with one attached hydrogen (secondary N) is 1. The van der Waals surface area contributed by atoms with Gasteiger partial charge in [0, 0.05) is 18.5 Å². The van der Waals surface area contributed by atoms with Crippen molar-refractivity contribution in [2.24, 2.45) is 11.7 Å². The Hall–Kier alpha value is -0.570. The Morgan fingerprint density at radius 3 is 2.39 bits per heavy atom. The lowest BCUT2D eigenvalue weighted by atomic mass is 9.84. The highest BCUT2D eigenvalue weighted by Crippen LogP contribution is 2.26. The summed E-state index contributed by atoms with van der Waals surface area (Å²) in [4.78, 5) is 12.0. The molecule has 0 aliphatic heterocycles. The highest BCUT2D eigenvalue weighted by Gasteiger charge is 2.23. The third kappa shape index (κ3) is 4.60. The maximum Gasteiger partial charge on any atom is 0.220 e. The van der Waals surface area contributed by atoms with Crippen molar-refractivity contribution in [1.82, 2.24) is 5.32 Å². The molecule has 1 amide bonds. The van der Waals surface area contributed by atoms with Gasteiger partial charge in [-0.05, 0) is 38.0 Å². The number of hydrogen-bond donors (Lipinski definition) is 2. The molecule has 2 saturated carbocycles. The number of carbonyl (C=O) groups is 1. The summed E-state index contributed by atoms with van der Waals surface area (Å²) >= 11 is 0. The molecule has 0 radical (unpaired) electrons. The fraction of sp³-hybridized carbons (Fsp3) is 0.933. The summed E-state index contributed by atoms with van der Waals surface area (Å²) in [7, 11) is 0. The SMILES string of the molecule is NC1CCCC(CC(=O)NC2CCCCCC2)C1. The molecule has 2 rings (SSSR count). The third-order valence-corrected chi connectivity index (χ3v) is 4.52. The van der Waals surface area contributed by atoms with E-state index in [0.29, 0.717) is 24.4 Å². The van der Waals surface area contributed by atoms with Gasteiger partial charge in [-0.15, -0.1) is 0 Å². The Balaban J connectivity index is 1.70. The molecule has 2 unspecified atom stereocenters. The predicted octanol–water partition coefficient (Wildman–Crippen LogP) is 2.73. The van der Waals surface area contributed by atoms with E-state index in [1.807, 2.05) is 0 Å². The van der Waals surface area contributed by atoms with Crippen LogP contribution in [-0.4, -0.2) is 18.0 Å². The number of hydrogen-bond acceptors (Lipinski definition) is 2. The summed E-state index contributed by atoms with van der Waals surface area (Å²) in [6.45, 7) is 0. The van der Waals surface area contributed by atoms with Crippen molar-refractivity contribution >= 4 is 5.91 Å². The normalized spacial score (nSPS) is 30.7. The molecule has 3 N–H and O–H groups in total. The second kappa shape index (κ2) is 7.13. The lowest BCUT2D eigenvalue weighted by Gasteiger charge is -2.26. The van der Waals surface area contributed by atoms with Gasteiger partial charge in [0.25, 0.3) is 0 Å². The molecule has 0 aromatic rings. The lowest BCUT2D eigenvalue weighted by Crippen LogP contribution is -2.37. The zero-order chi connectivity index (χ0) is 12.8. The second-order valence-corrected chi connectivity index (χ2v) is 6.25. The minimum Gasteiger partial charge on any atom is -0.353 e. The largest absolute Gasteiger partial charge is 0.353 e. The van der Waals surface area contributed by atoms with Crippen LogP contribution in [0.5, 0.6) is 0 Å². The molecule has 2 aliphatic carbocycles. The van der Waals surface area contributed by atoms with Crippen LogP contribution in [0.15, 0.2) is 0 Å². The van der Waals surface area contributed by atoms with E-state index in [1.54, 1.807) is 0 Å². The quantitative estimate of drug-likeness (QED) is 0.759. The van der Waals surface area contributed by atoms with Crippen LogP contribution < -0.4 is 11.1 Å². The second-order valence-electron chi connectivity index (χ2n) is 6.25. The molecule has 0 spiro atoms. The lowest BCUT2D eigenvalue weighted by molar-refractivity contribution is -0.123. The highest BCUT2D eigenvalue weighted by molar-refractivity contribution is 5.76. The molecule has 18 heavy (non-hydrogen) atoms. The van der Waals surface area contributed by atoms with Gasteiger partial charge in [0.15, 0.2) is 0 Å². The van der Waals surface area contributed by atoms with Crippen LogP contribution in [0.25, 0.3) is 0 Å². The minimum absolute atomic E-state index is 0.265. The third-order valence-electron chi connectivity index (χ3n) is 4.52. The van der Waals surface area contributed by atoms with Crippen molar-refractivity contribution in [3.63, 3.8) is 0 Å². The van der Waals surface area contributed by atoms with Gasteiger partial charge in [-0.25, -0.2) is 0 Å². The number of carbonyl (C=O) groups excluding carboxylic acids is 1. The van der Waals surface area contributed by atoms with Crippen molar-refractivity contribution in [1.29, 1.82) is 0 Å². The van der Waals surface area contributed by atoms with Crippen molar-refractivity contribution in [3.8, 4) is 0 Å². The number of nitrogens with two attached hydrogens (primary N) is 1. The summed E-state index contributed by atoms with van der Waals surface area (Å²) < 4.78 is 0. The van der Waals surface area contributed by atoms with E-state index in [-0.39, 0.29) is 5.91 Å². The van der Waals surface area contributed by atoms with Gasteiger partial charge in [-0.1, -0.05) is 32.1 Å². The Morgan fingerprint density at radius 1 is 1.00 bits per heavy atom. The average molecular weight is 252 g/mol. The van der Waals surface area contributed by atoms with Crippen LogP contribution >= 0.6 is 0 Å². The summed E-state index contributed by atoms with van der Waals surface area (Å²) in [6.07, 6.45) is 12.8. The van der Waals surface area contributed by atoms with Gasteiger partial charge >= 0.3 is 0 Å². The first-order valence-electron chi connectivity index (χ1n) is 7.79. The van der Waals surface area contributed by atoms with E-state index < -0.39 is 0 Å². The van der Waals surface area contributed by atoms with Gasteiger partial charge in [-0.3, -0.25) is 4.79 Å². The Bertz CT molecular complexity index is 253. The first-order valence-corrected chi connectivity index (χ1v) is 7.79. The number of rotatable bonds is 3. The number of amides is 1. The zero-order valence-corrected chi connectivity index (χ0v) is 11.5. The first-order chi connectivity index (χ1) is 8.74. The summed E-state index contributed by atoms with van der Waals surface area (Å²) in [5.41, 5.74) is 5.97. The summed E-state index contributed by atoms with van der Waals surface area (Å²) in [5, 5.41) is 3.24. The summed E-state index contributed by atoms with van der Waals surface area (Å²) in [6, 6.07) is 0.770. The van der Waals surface area contributed by atoms with E-state index in [1.165, 1.54) is 51.4 Å². The fourth-order valence-corrected chi connectivity index (χ4v) is 3.49. The van der Waals surface area contributed by atoms with E-state index >= 15 is 0 Å². The van der Waals surface area contributed by atoms with E-state index in [2.05, 4.69) is 5.32 Å². The van der Waals surface area contributed by atoms with Crippen molar-refractivity contribution in [3.05, 3.63) is 0 Å². The van der Waals surface area contributed by atoms with Gasteiger partial charge < -0.3 is 11.1 Å². The standard InChI is InChI=1S/C15H28N2O/c16-13-7-5-6-12(10-13)11-15(18)17-14-8-3-1-2-4-9-14/h12-14H,1-11,16H2,(H,17,18). The van der Waals surface area contributed by atoms with Crippen LogP contribution in [0.1, 0.15) is 70.6 Å². The fourth-order valence-electron chi connectivity index (χ4n) is 3.49. The van der Waals surface area contributed by atoms with Crippen molar-refractivity contribution in [2.45, 2.75) is 82.7 Å². The monoisotopic (exact) mass is 252 g/mol. The van der Waals surface area contributed by atoms with Gasteiger partial charge in [0.2, 0.25) is 5.91 Å². The maximum absolute atomic E-state index is 12.0. The molecule has 3 heteroatoms. The first kappa shape index (κ1) is 13.9. The van der Waals surface area contributed by atoms with E-state index in [9.17, 15) is 4.79 Å². The smallest absolute Gasteiger partial charge is 0.220 e. The van der Waals surface area contributed by atoms with E-state index in [4.69, 9.17) is 5.73 Å². The molecule has 2 aliphatic rings. The van der Waals surface area contributed by atoms with Crippen molar-refractivity contribution in [2.75, 3.05) is 0 Å².